The van der Waals surface area contributed by atoms with Crippen molar-refractivity contribution in [2.45, 2.75) is 26.7 Å². The van der Waals surface area contributed by atoms with Gasteiger partial charge in [0, 0.05) is 25.0 Å². The number of hydrogen-bond acceptors (Lipinski definition) is 4. The zero-order valence-corrected chi connectivity index (χ0v) is 11.8. The van der Waals surface area contributed by atoms with Gasteiger partial charge >= 0.3 is 0 Å². The van der Waals surface area contributed by atoms with Crippen LogP contribution in [0.5, 0.6) is 5.88 Å². The molecular weight excluding hydrogens is 250 g/mol. The zero-order chi connectivity index (χ0) is 13.0. The summed E-state index contributed by atoms with van der Waals surface area (Å²) in [5, 5.41) is 0. The van der Waals surface area contributed by atoms with Crippen molar-refractivity contribution in [1.29, 1.82) is 0 Å². The summed E-state index contributed by atoms with van der Waals surface area (Å²) in [5.41, 5.74) is 0. The largest absolute Gasteiger partial charge is 0.478 e. The van der Waals surface area contributed by atoms with Crippen LogP contribution in [0.15, 0.2) is 6.07 Å². The Morgan fingerprint density at radius 2 is 2.11 bits per heavy atom. The first-order chi connectivity index (χ1) is 8.72. The number of ether oxygens (including phenoxy) is 1. The van der Waals surface area contributed by atoms with E-state index in [-0.39, 0.29) is 0 Å². The van der Waals surface area contributed by atoms with E-state index in [1.54, 1.807) is 0 Å². The molecule has 0 radical (unpaired) electrons. The highest BCUT2D eigenvalue weighted by Gasteiger charge is 2.20. The van der Waals surface area contributed by atoms with Crippen molar-refractivity contribution in [3.63, 3.8) is 0 Å². The number of piperidine rings is 1. The van der Waals surface area contributed by atoms with E-state index in [2.05, 4.69) is 14.9 Å². The van der Waals surface area contributed by atoms with Crippen LogP contribution in [0.3, 0.4) is 0 Å². The van der Waals surface area contributed by atoms with E-state index in [1.165, 1.54) is 0 Å². The van der Waals surface area contributed by atoms with E-state index in [1.807, 2.05) is 19.9 Å². The number of nitrogens with zero attached hydrogens (tertiary/aromatic N) is 3. The smallest absolute Gasteiger partial charge is 0.218 e. The molecule has 1 aromatic heterocycles. The Kier molecular flexibility index (Phi) is 4.64. The lowest BCUT2D eigenvalue weighted by Crippen LogP contribution is -2.34. The normalized spacial score (nSPS) is 16.9. The number of hydrogen-bond donors (Lipinski definition) is 0. The predicted octanol–water partition coefficient (Wildman–Crippen LogP) is 2.64. The molecule has 0 spiro atoms. The number of alkyl halides is 1. The molecule has 2 heterocycles. The van der Waals surface area contributed by atoms with Crippen molar-refractivity contribution < 1.29 is 4.74 Å². The molecule has 0 aliphatic carbocycles. The van der Waals surface area contributed by atoms with Crippen molar-refractivity contribution >= 4 is 17.4 Å². The molecule has 100 valence electrons. The molecule has 0 N–H and O–H groups in total. The van der Waals surface area contributed by atoms with Crippen molar-refractivity contribution in [3.8, 4) is 5.88 Å². The number of anilines is 1. The third kappa shape index (κ3) is 3.25. The summed E-state index contributed by atoms with van der Waals surface area (Å²) in [6.07, 6.45) is 2.27. The first-order valence-electron chi connectivity index (χ1n) is 6.52. The van der Waals surface area contributed by atoms with Crippen molar-refractivity contribution in [3.05, 3.63) is 11.9 Å². The van der Waals surface area contributed by atoms with Gasteiger partial charge in [-0.05, 0) is 32.6 Å². The SMILES string of the molecule is CCOc1cc(N2CCC(CCl)CC2)nc(C)n1. The average molecular weight is 270 g/mol. The minimum absolute atomic E-state index is 0.629. The molecule has 0 aromatic carbocycles. The molecule has 4 nitrogen and oxygen atoms in total. The van der Waals surface area contributed by atoms with Crippen LogP contribution in [0.1, 0.15) is 25.6 Å². The number of aromatic nitrogens is 2. The lowest BCUT2D eigenvalue weighted by molar-refractivity contribution is 0.325. The van der Waals surface area contributed by atoms with Crippen LogP contribution in [-0.4, -0.2) is 35.5 Å². The van der Waals surface area contributed by atoms with Crippen molar-refractivity contribution in [2.24, 2.45) is 5.92 Å². The molecule has 18 heavy (non-hydrogen) atoms. The second kappa shape index (κ2) is 6.23. The molecule has 0 bridgehead atoms. The molecule has 0 unspecified atom stereocenters. The highest BCUT2D eigenvalue weighted by Crippen LogP contribution is 2.24. The van der Waals surface area contributed by atoms with Gasteiger partial charge in [0.25, 0.3) is 0 Å². The van der Waals surface area contributed by atoms with Gasteiger partial charge in [-0.3, -0.25) is 0 Å². The highest BCUT2D eigenvalue weighted by molar-refractivity contribution is 6.18. The molecule has 0 atom stereocenters. The van der Waals surface area contributed by atoms with E-state index in [4.69, 9.17) is 16.3 Å². The van der Waals surface area contributed by atoms with Crippen LogP contribution in [0.2, 0.25) is 0 Å². The Balaban J connectivity index is 2.08. The highest BCUT2D eigenvalue weighted by atomic mass is 35.5. The number of halogens is 1. The van der Waals surface area contributed by atoms with Gasteiger partial charge in [0.2, 0.25) is 5.88 Å². The summed E-state index contributed by atoms with van der Waals surface area (Å²) in [4.78, 5) is 11.1. The van der Waals surface area contributed by atoms with E-state index < -0.39 is 0 Å². The second-order valence-electron chi connectivity index (χ2n) is 4.63. The maximum absolute atomic E-state index is 5.90. The summed E-state index contributed by atoms with van der Waals surface area (Å²) in [6, 6.07) is 1.93. The van der Waals surface area contributed by atoms with Crippen molar-refractivity contribution in [2.75, 3.05) is 30.5 Å². The van der Waals surface area contributed by atoms with Gasteiger partial charge in [0.1, 0.15) is 11.6 Å². The third-order valence-electron chi connectivity index (χ3n) is 3.25. The summed E-state index contributed by atoms with van der Waals surface area (Å²) >= 11 is 5.90. The molecule has 1 fully saturated rings. The monoisotopic (exact) mass is 269 g/mol. The second-order valence-corrected chi connectivity index (χ2v) is 4.94. The molecular formula is C13H20ClN3O. The molecule has 5 heteroatoms. The minimum Gasteiger partial charge on any atom is -0.478 e. The standard InChI is InChI=1S/C13H20ClN3O/c1-3-18-13-8-12(15-10(2)16-13)17-6-4-11(9-14)5-7-17/h8,11H,3-7,9H2,1-2H3. The molecule has 1 aliphatic heterocycles. The fourth-order valence-electron chi connectivity index (χ4n) is 2.23. The van der Waals surface area contributed by atoms with Crippen LogP contribution in [-0.2, 0) is 0 Å². The van der Waals surface area contributed by atoms with Crippen LogP contribution < -0.4 is 9.64 Å². The maximum atomic E-state index is 5.90. The van der Waals surface area contributed by atoms with Crippen LogP contribution >= 0.6 is 11.6 Å². The molecule has 1 aliphatic rings. The Bertz CT molecular complexity index is 392. The van der Waals surface area contributed by atoms with Crippen LogP contribution in [0.4, 0.5) is 5.82 Å². The lowest BCUT2D eigenvalue weighted by atomic mass is 9.99. The van der Waals surface area contributed by atoms with E-state index in [9.17, 15) is 0 Å². The Morgan fingerprint density at radius 1 is 1.39 bits per heavy atom. The van der Waals surface area contributed by atoms with Gasteiger partial charge in [-0.25, -0.2) is 4.98 Å². The van der Waals surface area contributed by atoms with Gasteiger partial charge in [-0.2, -0.15) is 4.98 Å². The number of rotatable bonds is 4. The predicted molar refractivity (Wildman–Crippen MR) is 73.6 cm³/mol. The fraction of sp³-hybridized carbons (Fsp3) is 0.692. The van der Waals surface area contributed by atoms with E-state index in [0.717, 1.165) is 43.5 Å². The summed E-state index contributed by atoms with van der Waals surface area (Å²) in [5.74, 6) is 3.81. The van der Waals surface area contributed by atoms with Gasteiger partial charge in [0.05, 0.1) is 6.61 Å². The van der Waals surface area contributed by atoms with Crippen molar-refractivity contribution in [1.82, 2.24) is 9.97 Å². The number of aryl methyl sites for hydroxylation is 1. The summed E-state index contributed by atoms with van der Waals surface area (Å²) in [6.45, 7) is 6.52. The lowest BCUT2D eigenvalue weighted by Gasteiger charge is -2.32. The first-order valence-corrected chi connectivity index (χ1v) is 7.05. The van der Waals surface area contributed by atoms with Gasteiger partial charge in [0.15, 0.2) is 0 Å². The molecule has 1 saturated heterocycles. The van der Waals surface area contributed by atoms with Crippen LogP contribution in [0, 0.1) is 12.8 Å². The Hall–Kier alpha value is -1.03. The average Bonchev–Trinajstić information content (AvgIpc) is 2.38. The molecule has 0 saturated carbocycles. The molecule has 1 aromatic rings. The Labute approximate surface area is 113 Å². The van der Waals surface area contributed by atoms with Gasteiger partial charge < -0.3 is 9.64 Å². The summed E-state index contributed by atoms with van der Waals surface area (Å²) in [7, 11) is 0. The topological polar surface area (TPSA) is 38.2 Å². The van der Waals surface area contributed by atoms with Crippen LogP contribution in [0.25, 0.3) is 0 Å². The Morgan fingerprint density at radius 3 is 2.72 bits per heavy atom. The molecule has 0 amide bonds. The van der Waals surface area contributed by atoms with Gasteiger partial charge in [-0.15, -0.1) is 11.6 Å². The zero-order valence-electron chi connectivity index (χ0n) is 11.0. The third-order valence-corrected chi connectivity index (χ3v) is 3.69. The minimum atomic E-state index is 0.629. The maximum Gasteiger partial charge on any atom is 0.218 e. The van der Waals surface area contributed by atoms with E-state index >= 15 is 0 Å². The fourth-order valence-corrected chi connectivity index (χ4v) is 2.53. The van der Waals surface area contributed by atoms with Gasteiger partial charge in [-0.1, -0.05) is 0 Å². The van der Waals surface area contributed by atoms with E-state index in [0.29, 0.717) is 18.4 Å². The summed E-state index contributed by atoms with van der Waals surface area (Å²) < 4.78 is 5.46. The quantitative estimate of drug-likeness (QED) is 0.788. The first kappa shape index (κ1) is 13.4. The molecule has 2 rings (SSSR count).